The number of benzene rings is 1. The average Bonchev–Trinajstić information content (AvgIpc) is 2.75. The van der Waals surface area contributed by atoms with E-state index < -0.39 is 0 Å². The van der Waals surface area contributed by atoms with E-state index in [1.54, 1.807) is 0 Å². The van der Waals surface area contributed by atoms with Gasteiger partial charge in [-0.25, -0.2) is 9.69 Å². The monoisotopic (exact) mass is 290 g/mol. The zero-order valence-corrected chi connectivity index (χ0v) is 12.8. The molecule has 1 aromatic rings. The standard InChI is InChI=1S/C16H23N3O2/c1-3-8-14-15(20)19(16(21)17-14)12-18(4-2)11-13-9-6-5-7-10-13/h5-7,9-10,14H,3-4,8,11-12H2,1-2H3,(H,17,21)/p+1/t14-/m0/s1. The third-order valence-corrected chi connectivity index (χ3v) is 3.86. The van der Waals surface area contributed by atoms with Crippen molar-refractivity contribution in [3.63, 3.8) is 0 Å². The van der Waals surface area contributed by atoms with Crippen molar-refractivity contribution >= 4 is 11.9 Å². The lowest BCUT2D eigenvalue weighted by Crippen LogP contribution is -3.12. The molecule has 21 heavy (non-hydrogen) atoms. The molecular formula is C16H24N3O2+. The molecular weight excluding hydrogens is 266 g/mol. The molecule has 3 amide bonds. The third-order valence-electron chi connectivity index (χ3n) is 3.86. The average molecular weight is 290 g/mol. The highest BCUT2D eigenvalue weighted by Crippen LogP contribution is 2.09. The molecule has 2 N–H and O–H groups in total. The molecule has 1 saturated heterocycles. The number of carbonyl (C=O) groups is 2. The van der Waals surface area contributed by atoms with E-state index in [-0.39, 0.29) is 18.0 Å². The summed E-state index contributed by atoms with van der Waals surface area (Å²) in [4.78, 5) is 26.8. The summed E-state index contributed by atoms with van der Waals surface area (Å²) in [5, 5.41) is 2.77. The van der Waals surface area contributed by atoms with E-state index in [9.17, 15) is 9.59 Å². The van der Waals surface area contributed by atoms with Gasteiger partial charge in [-0.2, -0.15) is 0 Å². The van der Waals surface area contributed by atoms with Crippen LogP contribution in [0.4, 0.5) is 4.79 Å². The van der Waals surface area contributed by atoms with Gasteiger partial charge in [0.25, 0.3) is 5.91 Å². The SMILES string of the molecule is CCC[C@@H]1NC(=O)N(C[NH+](CC)Cc2ccccc2)C1=O. The number of quaternary nitrogens is 1. The predicted octanol–water partition coefficient (Wildman–Crippen LogP) is 0.769. The van der Waals surface area contributed by atoms with Crippen LogP contribution in [0.1, 0.15) is 32.3 Å². The Morgan fingerprint density at radius 3 is 2.52 bits per heavy atom. The van der Waals surface area contributed by atoms with E-state index in [0.717, 1.165) is 19.5 Å². The molecule has 1 aliphatic rings. The van der Waals surface area contributed by atoms with Crippen molar-refractivity contribution in [2.75, 3.05) is 13.2 Å². The van der Waals surface area contributed by atoms with Gasteiger partial charge in [-0.1, -0.05) is 43.7 Å². The fourth-order valence-corrected chi connectivity index (χ4v) is 2.61. The van der Waals surface area contributed by atoms with Gasteiger partial charge in [0.15, 0.2) is 6.67 Å². The number of carbonyl (C=O) groups excluding carboxylic acids is 2. The normalized spacial score (nSPS) is 19.7. The molecule has 114 valence electrons. The van der Waals surface area contributed by atoms with Crippen LogP contribution in [0, 0.1) is 0 Å². The van der Waals surface area contributed by atoms with Gasteiger partial charge in [0.1, 0.15) is 12.6 Å². The molecule has 1 heterocycles. The summed E-state index contributed by atoms with van der Waals surface area (Å²) in [6, 6.07) is 9.56. The van der Waals surface area contributed by atoms with Crippen LogP contribution in [0.5, 0.6) is 0 Å². The molecule has 0 aliphatic carbocycles. The first-order valence-electron chi connectivity index (χ1n) is 7.65. The minimum absolute atomic E-state index is 0.0825. The van der Waals surface area contributed by atoms with Crippen LogP contribution in [-0.2, 0) is 11.3 Å². The van der Waals surface area contributed by atoms with Gasteiger partial charge in [0.2, 0.25) is 0 Å². The summed E-state index contributed by atoms with van der Waals surface area (Å²) in [6.07, 6.45) is 1.60. The quantitative estimate of drug-likeness (QED) is 0.729. The smallest absolute Gasteiger partial charge is 0.326 e. The van der Waals surface area contributed by atoms with Gasteiger partial charge in [0, 0.05) is 5.56 Å². The van der Waals surface area contributed by atoms with Crippen LogP contribution >= 0.6 is 0 Å². The maximum Gasteiger partial charge on any atom is 0.329 e. The van der Waals surface area contributed by atoms with Gasteiger partial charge in [0.05, 0.1) is 6.54 Å². The molecule has 1 aliphatic heterocycles. The van der Waals surface area contributed by atoms with E-state index in [0.29, 0.717) is 13.1 Å². The Bertz CT molecular complexity index is 490. The summed E-state index contributed by atoms with van der Waals surface area (Å²) < 4.78 is 0. The highest BCUT2D eigenvalue weighted by molar-refractivity contribution is 6.03. The Balaban J connectivity index is 1.98. The lowest BCUT2D eigenvalue weighted by Gasteiger charge is -2.22. The molecule has 0 saturated carbocycles. The highest BCUT2D eigenvalue weighted by atomic mass is 16.2. The van der Waals surface area contributed by atoms with Crippen LogP contribution < -0.4 is 10.2 Å². The van der Waals surface area contributed by atoms with Crippen molar-refractivity contribution in [1.82, 2.24) is 10.2 Å². The van der Waals surface area contributed by atoms with Crippen molar-refractivity contribution in [1.29, 1.82) is 0 Å². The lowest BCUT2D eigenvalue weighted by atomic mass is 10.2. The van der Waals surface area contributed by atoms with Crippen LogP contribution in [-0.4, -0.2) is 36.1 Å². The Labute approximate surface area is 125 Å². The van der Waals surface area contributed by atoms with Crippen molar-refractivity contribution in [2.24, 2.45) is 0 Å². The number of imide groups is 1. The van der Waals surface area contributed by atoms with Crippen molar-refractivity contribution in [3.8, 4) is 0 Å². The van der Waals surface area contributed by atoms with E-state index in [4.69, 9.17) is 0 Å². The molecule has 1 fully saturated rings. The molecule has 2 atom stereocenters. The number of hydrogen-bond acceptors (Lipinski definition) is 2. The van der Waals surface area contributed by atoms with Crippen molar-refractivity contribution in [2.45, 2.75) is 39.3 Å². The minimum atomic E-state index is -0.336. The van der Waals surface area contributed by atoms with Crippen LogP contribution in [0.3, 0.4) is 0 Å². The zero-order valence-electron chi connectivity index (χ0n) is 12.8. The first kappa shape index (κ1) is 15.5. The van der Waals surface area contributed by atoms with Crippen LogP contribution in [0.2, 0.25) is 0 Å². The van der Waals surface area contributed by atoms with Gasteiger partial charge in [-0.05, 0) is 13.3 Å². The Kier molecular flexibility index (Phi) is 5.33. The molecule has 1 unspecified atom stereocenters. The molecule has 0 spiro atoms. The number of amides is 3. The molecule has 0 radical (unpaired) electrons. The highest BCUT2D eigenvalue weighted by Gasteiger charge is 2.39. The van der Waals surface area contributed by atoms with Gasteiger partial charge in [-0.3, -0.25) is 4.79 Å². The number of urea groups is 1. The number of nitrogens with one attached hydrogen (secondary N) is 2. The first-order chi connectivity index (χ1) is 10.2. The lowest BCUT2D eigenvalue weighted by molar-refractivity contribution is -0.919. The molecule has 1 aromatic carbocycles. The second-order valence-electron chi connectivity index (χ2n) is 5.48. The van der Waals surface area contributed by atoms with Gasteiger partial charge in [-0.15, -0.1) is 0 Å². The maximum atomic E-state index is 12.2. The zero-order chi connectivity index (χ0) is 15.2. The number of nitrogens with zero attached hydrogens (tertiary/aromatic N) is 1. The van der Waals surface area contributed by atoms with Crippen LogP contribution in [0.25, 0.3) is 0 Å². The third kappa shape index (κ3) is 3.82. The van der Waals surface area contributed by atoms with E-state index in [1.165, 1.54) is 15.4 Å². The summed E-state index contributed by atoms with van der Waals surface area (Å²) in [5.74, 6) is -0.0825. The van der Waals surface area contributed by atoms with Crippen molar-refractivity contribution in [3.05, 3.63) is 35.9 Å². The van der Waals surface area contributed by atoms with E-state index >= 15 is 0 Å². The second-order valence-corrected chi connectivity index (χ2v) is 5.48. The largest absolute Gasteiger partial charge is 0.329 e. The topological polar surface area (TPSA) is 53.9 Å². The Hall–Kier alpha value is -1.88. The molecule has 0 aromatic heterocycles. The summed E-state index contributed by atoms with van der Waals surface area (Å²) >= 11 is 0. The minimum Gasteiger partial charge on any atom is -0.326 e. The van der Waals surface area contributed by atoms with Crippen LogP contribution in [0.15, 0.2) is 30.3 Å². The molecule has 2 rings (SSSR count). The Morgan fingerprint density at radius 1 is 1.19 bits per heavy atom. The van der Waals surface area contributed by atoms with E-state index in [2.05, 4.69) is 24.4 Å². The summed E-state index contributed by atoms with van der Waals surface area (Å²) in [6.45, 7) is 6.19. The van der Waals surface area contributed by atoms with Crippen molar-refractivity contribution < 1.29 is 14.5 Å². The fourth-order valence-electron chi connectivity index (χ4n) is 2.61. The summed E-state index contributed by atoms with van der Waals surface area (Å²) in [7, 11) is 0. The molecule has 5 heteroatoms. The number of rotatable bonds is 7. The van der Waals surface area contributed by atoms with E-state index in [1.807, 2.05) is 25.1 Å². The molecule has 0 bridgehead atoms. The second kappa shape index (κ2) is 7.22. The summed E-state index contributed by atoms with van der Waals surface area (Å²) in [5.41, 5.74) is 1.21. The predicted molar refractivity (Wildman–Crippen MR) is 80.6 cm³/mol. The number of hydrogen-bond donors (Lipinski definition) is 2. The Morgan fingerprint density at radius 2 is 1.90 bits per heavy atom. The van der Waals surface area contributed by atoms with Gasteiger partial charge >= 0.3 is 6.03 Å². The maximum absolute atomic E-state index is 12.2. The first-order valence-corrected chi connectivity index (χ1v) is 7.65. The van der Waals surface area contributed by atoms with Gasteiger partial charge < -0.3 is 10.2 Å². The fraction of sp³-hybridized carbons (Fsp3) is 0.500. The molecule has 5 nitrogen and oxygen atoms in total.